The number of H-pyrrole nitrogens is 1. The van der Waals surface area contributed by atoms with Gasteiger partial charge in [0.05, 0.1) is 14.2 Å². The molecular weight excluding hydrogens is 202 g/mol. The first kappa shape index (κ1) is 11.0. The van der Waals surface area contributed by atoms with Gasteiger partial charge < -0.3 is 14.5 Å². The fourth-order valence-electron chi connectivity index (χ4n) is 0.969. The molecule has 0 amide bonds. The summed E-state index contributed by atoms with van der Waals surface area (Å²) in [6.45, 7) is 0. The third-order valence-corrected chi connectivity index (χ3v) is 1.72. The molecule has 6 heteroatoms. The summed E-state index contributed by atoms with van der Waals surface area (Å²) in [6, 6.07) is 0.984. The van der Waals surface area contributed by atoms with Crippen LogP contribution in [0.15, 0.2) is 17.1 Å². The molecule has 1 N–H and O–H groups in total. The predicted molar refractivity (Wildman–Crippen MR) is 49.7 cm³/mol. The van der Waals surface area contributed by atoms with Crippen LogP contribution in [-0.2, 0) is 9.47 Å². The van der Waals surface area contributed by atoms with Gasteiger partial charge in [-0.25, -0.2) is 9.59 Å². The molecule has 1 aromatic heterocycles. The summed E-state index contributed by atoms with van der Waals surface area (Å²) in [6.07, 6.45) is 1.11. The van der Waals surface area contributed by atoms with E-state index in [1.54, 1.807) is 0 Å². The highest BCUT2D eigenvalue weighted by molar-refractivity contribution is 5.91. The largest absolute Gasteiger partial charge is 0.465 e. The Hall–Kier alpha value is -2.11. The Morgan fingerprint density at radius 3 is 2.27 bits per heavy atom. The quantitative estimate of drug-likeness (QED) is 0.693. The van der Waals surface area contributed by atoms with Crippen LogP contribution in [0.25, 0.3) is 0 Å². The highest BCUT2D eigenvalue weighted by atomic mass is 16.5. The number of esters is 2. The molecule has 80 valence electrons. The molecule has 0 atom stereocenters. The molecule has 0 aliphatic carbocycles. The van der Waals surface area contributed by atoms with Crippen molar-refractivity contribution in [2.45, 2.75) is 0 Å². The fourth-order valence-corrected chi connectivity index (χ4v) is 0.969. The van der Waals surface area contributed by atoms with Gasteiger partial charge in [0.15, 0.2) is 5.43 Å². The van der Waals surface area contributed by atoms with Crippen LogP contribution in [0.2, 0.25) is 0 Å². The number of hydrogen-bond acceptors (Lipinski definition) is 5. The van der Waals surface area contributed by atoms with E-state index in [-0.39, 0.29) is 11.3 Å². The third-order valence-electron chi connectivity index (χ3n) is 1.72. The smallest absolute Gasteiger partial charge is 0.354 e. The van der Waals surface area contributed by atoms with E-state index >= 15 is 0 Å². The Kier molecular flexibility index (Phi) is 3.22. The number of carbonyl (C=O) groups excluding carboxylic acids is 2. The normalized spacial score (nSPS) is 9.47. The minimum Gasteiger partial charge on any atom is -0.465 e. The zero-order chi connectivity index (χ0) is 11.4. The number of rotatable bonds is 2. The second-order valence-corrected chi connectivity index (χ2v) is 2.61. The van der Waals surface area contributed by atoms with Crippen molar-refractivity contribution in [1.82, 2.24) is 4.98 Å². The van der Waals surface area contributed by atoms with Crippen LogP contribution in [0, 0.1) is 0 Å². The van der Waals surface area contributed by atoms with Crippen molar-refractivity contribution in [2.24, 2.45) is 0 Å². The molecule has 1 heterocycles. The molecule has 0 saturated carbocycles. The highest BCUT2D eigenvalue weighted by Crippen LogP contribution is 1.97. The molecule has 0 bridgehead atoms. The van der Waals surface area contributed by atoms with Crippen LogP contribution in [0.4, 0.5) is 0 Å². The van der Waals surface area contributed by atoms with Gasteiger partial charge in [0.1, 0.15) is 11.3 Å². The molecule has 15 heavy (non-hydrogen) atoms. The summed E-state index contributed by atoms with van der Waals surface area (Å²) in [5.41, 5.74) is -0.777. The Labute approximate surface area is 84.8 Å². The lowest BCUT2D eigenvalue weighted by Gasteiger charge is -2.00. The van der Waals surface area contributed by atoms with Gasteiger partial charge in [-0.2, -0.15) is 0 Å². The lowest BCUT2D eigenvalue weighted by molar-refractivity contribution is 0.0580. The molecule has 0 aliphatic rings. The van der Waals surface area contributed by atoms with Crippen molar-refractivity contribution < 1.29 is 19.1 Å². The van der Waals surface area contributed by atoms with Crippen molar-refractivity contribution in [1.29, 1.82) is 0 Å². The average molecular weight is 211 g/mol. The minimum atomic E-state index is -0.757. The number of carbonyl (C=O) groups is 2. The van der Waals surface area contributed by atoms with Crippen LogP contribution >= 0.6 is 0 Å². The van der Waals surface area contributed by atoms with Crippen LogP contribution in [-0.4, -0.2) is 31.1 Å². The van der Waals surface area contributed by atoms with E-state index in [9.17, 15) is 14.4 Å². The lowest BCUT2D eigenvalue weighted by Crippen LogP contribution is -2.19. The summed E-state index contributed by atoms with van der Waals surface area (Å²) in [5.74, 6) is -1.43. The molecule has 0 unspecified atom stereocenters. The second kappa shape index (κ2) is 4.41. The Balaban J connectivity index is 3.15. The molecule has 0 saturated heterocycles. The zero-order valence-corrected chi connectivity index (χ0v) is 8.20. The summed E-state index contributed by atoms with van der Waals surface area (Å²) >= 11 is 0. The van der Waals surface area contributed by atoms with E-state index in [4.69, 9.17) is 0 Å². The van der Waals surface area contributed by atoms with Gasteiger partial charge >= 0.3 is 11.9 Å². The molecule has 1 aromatic rings. The zero-order valence-electron chi connectivity index (χ0n) is 8.20. The maximum absolute atomic E-state index is 11.3. The highest BCUT2D eigenvalue weighted by Gasteiger charge is 2.13. The van der Waals surface area contributed by atoms with E-state index in [0.29, 0.717) is 0 Å². The number of aromatic nitrogens is 1. The number of ether oxygens (including phenoxy) is 2. The van der Waals surface area contributed by atoms with Gasteiger partial charge in [0, 0.05) is 12.3 Å². The molecular formula is C9H9NO5. The number of pyridine rings is 1. The van der Waals surface area contributed by atoms with Crippen LogP contribution in [0.3, 0.4) is 0 Å². The van der Waals surface area contributed by atoms with Crippen molar-refractivity contribution in [3.63, 3.8) is 0 Å². The molecule has 0 aliphatic heterocycles. The number of methoxy groups -OCH3 is 2. The van der Waals surface area contributed by atoms with Crippen molar-refractivity contribution in [2.75, 3.05) is 14.2 Å². The maximum atomic E-state index is 11.3. The summed E-state index contributed by atoms with van der Waals surface area (Å²) in [5, 5.41) is 0. The number of aromatic amines is 1. The van der Waals surface area contributed by atoms with Gasteiger partial charge in [0.25, 0.3) is 0 Å². The molecule has 0 radical (unpaired) electrons. The molecule has 0 spiro atoms. The predicted octanol–water partition coefficient (Wildman–Crippen LogP) is -0.0519. The summed E-state index contributed by atoms with van der Waals surface area (Å²) in [4.78, 5) is 35.8. The Morgan fingerprint density at radius 1 is 1.20 bits per heavy atom. The first-order valence-electron chi connectivity index (χ1n) is 3.99. The molecule has 6 nitrogen and oxygen atoms in total. The second-order valence-electron chi connectivity index (χ2n) is 2.61. The number of hydrogen-bond donors (Lipinski definition) is 1. The van der Waals surface area contributed by atoms with Crippen molar-refractivity contribution in [3.05, 3.63) is 33.7 Å². The van der Waals surface area contributed by atoms with Gasteiger partial charge in [-0.3, -0.25) is 4.79 Å². The molecule has 0 aromatic carbocycles. The van der Waals surface area contributed by atoms with E-state index in [1.165, 1.54) is 7.11 Å². The first-order chi connectivity index (χ1) is 7.10. The SMILES string of the molecule is COC(=O)c1cc(=O)c(C(=O)OC)c[nH]1. The van der Waals surface area contributed by atoms with Crippen LogP contribution in [0.1, 0.15) is 20.8 Å². The van der Waals surface area contributed by atoms with E-state index in [1.807, 2.05) is 0 Å². The average Bonchev–Trinajstić information content (AvgIpc) is 2.26. The monoisotopic (exact) mass is 211 g/mol. The third kappa shape index (κ3) is 2.22. The van der Waals surface area contributed by atoms with E-state index in [2.05, 4.69) is 14.5 Å². The maximum Gasteiger partial charge on any atom is 0.354 e. The van der Waals surface area contributed by atoms with Gasteiger partial charge in [0.2, 0.25) is 0 Å². The lowest BCUT2D eigenvalue weighted by atomic mass is 10.2. The topological polar surface area (TPSA) is 85.5 Å². The van der Waals surface area contributed by atoms with Gasteiger partial charge in [-0.05, 0) is 0 Å². The van der Waals surface area contributed by atoms with Crippen molar-refractivity contribution in [3.8, 4) is 0 Å². The Bertz CT molecular complexity index is 448. The fraction of sp³-hybridized carbons (Fsp3) is 0.222. The number of nitrogens with one attached hydrogen (secondary N) is 1. The molecule has 1 rings (SSSR count). The first-order valence-corrected chi connectivity index (χ1v) is 3.99. The van der Waals surface area contributed by atoms with Gasteiger partial charge in [-0.1, -0.05) is 0 Å². The Morgan fingerprint density at radius 2 is 1.80 bits per heavy atom. The summed E-state index contributed by atoms with van der Waals surface area (Å²) < 4.78 is 8.76. The summed E-state index contributed by atoms with van der Waals surface area (Å²) in [7, 11) is 2.35. The van der Waals surface area contributed by atoms with Crippen LogP contribution < -0.4 is 5.43 Å². The standard InChI is InChI=1S/C9H9NO5/c1-14-8(12)5-4-10-6(3-7(5)11)9(13)15-2/h3-4H,1-2H3,(H,10,11). The van der Waals surface area contributed by atoms with Crippen molar-refractivity contribution >= 4 is 11.9 Å². The van der Waals surface area contributed by atoms with Gasteiger partial charge in [-0.15, -0.1) is 0 Å². The molecule has 0 fully saturated rings. The van der Waals surface area contributed by atoms with Crippen LogP contribution in [0.5, 0.6) is 0 Å². The van der Waals surface area contributed by atoms with E-state index < -0.39 is 17.4 Å². The van der Waals surface area contributed by atoms with E-state index in [0.717, 1.165) is 19.4 Å². The minimum absolute atomic E-state index is 0.0184.